The standard InChI is InChI=1S/C17H22N2O.ClH/c20-17(19-12-13-6-8-18-9-7-13)11-14-4-5-15-2-1-3-16(15)10-14;/h4-6,10,18H,1-3,7-9,11-12H2,(H,19,20);1H. The molecule has 0 atom stereocenters. The Balaban J connectivity index is 0.00000161. The van der Waals surface area contributed by atoms with Gasteiger partial charge in [0, 0.05) is 13.1 Å². The summed E-state index contributed by atoms with van der Waals surface area (Å²) in [6, 6.07) is 6.51. The smallest absolute Gasteiger partial charge is 0.224 e. The van der Waals surface area contributed by atoms with E-state index in [0.717, 1.165) is 25.1 Å². The van der Waals surface area contributed by atoms with Crippen LogP contribution < -0.4 is 10.6 Å². The normalized spacial score (nSPS) is 16.7. The Bertz CT molecular complexity index is 540. The summed E-state index contributed by atoms with van der Waals surface area (Å²) in [4.78, 5) is 12.0. The van der Waals surface area contributed by atoms with Gasteiger partial charge in [0.1, 0.15) is 0 Å². The van der Waals surface area contributed by atoms with Gasteiger partial charge in [-0.1, -0.05) is 29.8 Å². The number of benzene rings is 1. The van der Waals surface area contributed by atoms with Crippen LogP contribution in [0.1, 0.15) is 29.5 Å². The lowest BCUT2D eigenvalue weighted by Crippen LogP contribution is -2.30. The number of halogens is 1. The number of carbonyl (C=O) groups excluding carboxylic acids is 1. The summed E-state index contributed by atoms with van der Waals surface area (Å²) in [6.45, 7) is 2.65. The number of amides is 1. The molecule has 0 radical (unpaired) electrons. The van der Waals surface area contributed by atoms with Gasteiger partial charge in [-0.2, -0.15) is 0 Å². The fraction of sp³-hybridized carbons (Fsp3) is 0.471. The van der Waals surface area contributed by atoms with Crippen molar-refractivity contribution < 1.29 is 4.79 Å². The summed E-state index contributed by atoms with van der Waals surface area (Å²) in [5, 5.41) is 6.31. The van der Waals surface area contributed by atoms with Crippen LogP contribution in [0.5, 0.6) is 0 Å². The van der Waals surface area contributed by atoms with Crippen molar-refractivity contribution in [2.45, 2.75) is 32.1 Å². The number of hydrogen-bond acceptors (Lipinski definition) is 2. The molecule has 2 N–H and O–H groups in total. The molecule has 3 rings (SSSR count). The van der Waals surface area contributed by atoms with E-state index in [2.05, 4.69) is 34.9 Å². The van der Waals surface area contributed by atoms with Crippen LogP contribution in [0.4, 0.5) is 0 Å². The molecule has 2 aliphatic rings. The quantitative estimate of drug-likeness (QED) is 0.837. The van der Waals surface area contributed by atoms with E-state index in [-0.39, 0.29) is 18.3 Å². The van der Waals surface area contributed by atoms with Crippen molar-refractivity contribution in [1.29, 1.82) is 0 Å². The van der Waals surface area contributed by atoms with E-state index >= 15 is 0 Å². The van der Waals surface area contributed by atoms with E-state index in [9.17, 15) is 4.79 Å². The van der Waals surface area contributed by atoms with Crippen LogP contribution in [-0.4, -0.2) is 25.5 Å². The third-order valence-electron chi connectivity index (χ3n) is 4.20. The maximum atomic E-state index is 12.0. The number of rotatable bonds is 4. The second-order valence-electron chi connectivity index (χ2n) is 5.73. The van der Waals surface area contributed by atoms with Crippen LogP contribution in [0.15, 0.2) is 29.8 Å². The molecule has 1 heterocycles. The number of hydrogen-bond donors (Lipinski definition) is 2. The number of fused-ring (bicyclic) bond motifs is 1. The maximum Gasteiger partial charge on any atom is 0.224 e. The van der Waals surface area contributed by atoms with Crippen molar-refractivity contribution in [1.82, 2.24) is 10.6 Å². The summed E-state index contributed by atoms with van der Waals surface area (Å²) in [7, 11) is 0. The average Bonchev–Trinajstić information content (AvgIpc) is 2.94. The molecule has 1 aliphatic carbocycles. The highest BCUT2D eigenvalue weighted by molar-refractivity contribution is 5.85. The van der Waals surface area contributed by atoms with Crippen molar-refractivity contribution in [3.05, 3.63) is 46.5 Å². The van der Waals surface area contributed by atoms with Gasteiger partial charge < -0.3 is 10.6 Å². The van der Waals surface area contributed by atoms with Crippen LogP contribution in [0, 0.1) is 0 Å². The molecule has 1 amide bonds. The molecule has 0 fully saturated rings. The Morgan fingerprint density at radius 2 is 2.05 bits per heavy atom. The molecular weight excluding hydrogens is 284 g/mol. The van der Waals surface area contributed by atoms with E-state index in [1.807, 2.05) is 0 Å². The van der Waals surface area contributed by atoms with Gasteiger partial charge in [0.15, 0.2) is 0 Å². The molecule has 0 saturated heterocycles. The molecule has 0 aromatic heterocycles. The average molecular weight is 307 g/mol. The Morgan fingerprint density at radius 3 is 2.86 bits per heavy atom. The van der Waals surface area contributed by atoms with Crippen LogP contribution >= 0.6 is 12.4 Å². The van der Waals surface area contributed by atoms with Gasteiger partial charge in [-0.25, -0.2) is 0 Å². The largest absolute Gasteiger partial charge is 0.352 e. The highest BCUT2D eigenvalue weighted by Gasteiger charge is 2.12. The summed E-state index contributed by atoms with van der Waals surface area (Å²) in [5.41, 5.74) is 5.39. The minimum atomic E-state index is 0. The number of nitrogens with one attached hydrogen (secondary N) is 2. The van der Waals surface area contributed by atoms with Gasteiger partial charge in [-0.3, -0.25) is 4.79 Å². The van der Waals surface area contributed by atoms with Crippen molar-refractivity contribution in [3.63, 3.8) is 0 Å². The molecular formula is C17H23ClN2O. The van der Waals surface area contributed by atoms with E-state index in [1.165, 1.54) is 36.0 Å². The third kappa shape index (κ3) is 4.32. The molecule has 21 heavy (non-hydrogen) atoms. The van der Waals surface area contributed by atoms with Crippen LogP contribution in [0.3, 0.4) is 0 Å². The van der Waals surface area contributed by atoms with Gasteiger partial charge in [-0.05, 0) is 48.9 Å². The molecule has 0 spiro atoms. The summed E-state index contributed by atoms with van der Waals surface area (Å²) in [6.07, 6.45) is 7.35. The third-order valence-corrected chi connectivity index (χ3v) is 4.20. The molecule has 1 aromatic rings. The molecule has 0 saturated carbocycles. The lowest BCUT2D eigenvalue weighted by atomic mass is 10.0. The van der Waals surface area contributed by atoms with Gasteiger partial charge in [0.25, 0.3) is 0 Å². The Kier molecular flexibility index (Phi) is 5.83. The second kappa shape index (κ2) is 7.62. The van der Waals surface area contributed by atoms with E-state index in [0.29, 0.717) is 13.0 Å². The molecule has 0 bridgehead atoms. The first-order chi connectivity index (χ1) is 9.81. The van der Waals surface area contributed by atoms with Crippen molar-refractivity contribution >= 4 is 18.3 Å². The van der Waals surface area contributed by atoms with Gasteiger partial charge in [0.05, 0.1) is 6.42 Å². The molecule has 1 aromatic carbocycles. The molecule has 1 aliphatic heterocycles. The molecule has 3 nitrogen and oxygen atoms in total. The Hall–Kier alpha value is -1.32. The summed E-state index contributed by atoms with van der Waals surface area (Å²) in [5.74, 6) is 0.127. The van der Waals surface area contributed by atoms with Crippen molar-refractivity contribution in [2.24, 2.45) is 0 Å². The Labute approximate surface area is 132 Å². The lowest BCUT2D eigenvalue weighted by Gasteiger charge is -2.14. The van der Waals surface area contributed by atoms with E-state index in [1.54, 1.807) is 0 Å². The highest BCUT2D eigenvalue weighted by Crippen LogP contribution is 2.22. The summed E-state index contributed by atoms with van der Waals surface area (Å²) >= 11 is 0. The van der Waals surface area contributed by atoms with Crippen LogP contribution in [0.25, 0.3) is 0 Å². The summed E-state index contributed by atoms with van der Waals surface area (Å²) < 4.78 is 0. The first kappa shape index (κ1) is 16.1. The van der Waals surface area contributed by atoms with Gasteiger partial charge >= 0.3 is 0 Å². The number of aryl methyl sites for hydroxylation is 2. The lowest BCUT2D eigenvalue weighted by molar-refractivity contribution is -0.120. The second-order valence-corrected chi connectivity index (χ2v) is 5.73. The molecule has 4 heteroatoms. The SMILES string of the molecule is Cl.O=C(Cc1ccc2c(c1)CCC2)NCC1=CCNCC1. The first-order valence-corrected chi connectivity index (χ1v) is 7.57. The predicted molar refractivity (Wildman–Crippen MR) is 88.0 cm³/mol. The van der Waals surface area contributed by atoms with Crippen molar-refractivity contribution in [3.8, 4) is 0 Å². The van der Waals surface area contributed by atoms with Crippen molar-refractivity contribution in [2.75, 3.05) is 19.6 Å². The highest BCUT2D eigenvalue weighted by atomic mass is 35.5. The molecule has 0 unspecified atom stereocenters. The predicted octanol–water partition coefficient (Wildman–Crippen LogP) is 2.18. The topological polar surface area (TPSA) is 41.1 Å². The molecule has 114 valence electrons. The zero-order valence-corrected chi connectivity index (χ0v) is 13.1. The van der Waals surface area contributed by atoms with Crippen LogP contribution in [-0.2, 0) is 24.1 Å². The van der Waals surface area contributed by atoms with Crippen LogP contribution in [0.2, 0.25) is 0 Å². The van der Waals surface area contributed by atoms with Gasteiger partial charge in [0.2, 0.25) is 5.91 Å². The monoisotopic (exact) mass is 306 g/mol. The maximum absolute atomic E-state index is 12.0. The van der Waals surface area contributed by atoms with Gasteiger partial charge in [-0.15, -0.1) is 12.4 Å². The number of carbonyl (C=O) groups is 1. The van der Waals surface area contributed by atoms with E-state index < -0.39 is 0 Å². The Morgan fingerprint density at radius 1 is 1.19 bits per heavy atom. The fourth-order valence-corrected chi connectivity index (χ4v) is 3.03. The first-order valence-electron chi connectivity index (χ1n) is 7.57. The zero-order valence-electron chi connectivity index (χ0n) is 12.3. The minimum absolute atomic E-state index is 0. The van der Waals surface area contributed by atoms with E-state index in [4.69, 9.17) is 0 Å². The zero-order chi connectivity index (χ0) is 13.8. The fourth-order valence-electron chi connectivity index (χ4n) is 3.03. The minimum Gasteiger partial charge on any atom is -0.352 e.